The van der Waals surface area contributed by atoms with Crippen molar-refractivity contribution >= 4 is 10.0 Å². The van der Waals surface area contributed by atoms with Crippen molar-refractivity contribution in [3.63, 3.8) is 0 Å². The highest BCUT2D eigenvalue weighted by Crippen LogP contribution is 2.45. The Hall–Kier alpha value is -1.89. The Bertz CT molecular complexity index is 945. The van der Waals surface area contributed by atoms with Gasteiger partial charge in [-0.1, -0.05) is 43.3 Å². The van der Waals surface area contributed by atoms with Gasteiger partial charge in [0.15, 0.2) is 0 Å². The molecule has 2 aliphatic rings. The quantitative estimate of drug-likeness (QED) is 0.847. The Morgan fingerprint density at radius 2 is 1.96 bits per heavy atom. The van der Waals surface area contributed by atoms with Crippen LogP contribution in [0.2, 0.25) is 0 Å². The second kappa shape index (κ2) is 6.62. The van der Waals surface area contributed by atoms with Gasteiger partial charge in [-0.15, -0.1) is 0 Å². The van der Waals surface area contributed by atoms with E-state index < -0.39 is 10.0 Å². The van der Waals surface area contributed by atoms with Crippen molar-refractivity contribution in [2.75, 3.05) is 13.6 Å². The first-order valence-corrected chi connectivity index (χ1v) is 11.0. The summed E-state index contributed by atoms with van der Waals surface area (Å²) in [6.07, 6.45) is 1.62. The highest BCUT2D eigenvalue weighted by atomic mass is 32.2. The van der Waals surface area contributed by atoms with E-state index in [9.17, 15) is 13.5 Å². The predicted octanol–water partition coefficient (Wildman–Crippen LogP) is 2.40. The van der Waals surface area contributed by atoms with Crippen LogP contribution in [0.1, 0.15) is 30.0 Å². The fourth-order valence-electron chi connectivity index (χ4n) is 4.72. The van der Waals surface area contributed by atoms with Crippen LogP contribution in [0.5, 0.6) is 5.75 Å². The van der Waals surface area contributed by atoms with Crippen LogP contribution >= 0.6 is 0 Å². The van der Waals surface area contributed by atoms with Gasteiger partial charge in [-0.05, 0) is 55.3 Å². The van der Waals surface area contributed by atoms with Gasteiger partial charge < -0.3 is 10.0 Å². The molecule has 0 amide bonds. The normalized spacial score (nSPS) is 27.9. The number of piperidine rings is 1. The van der Waals surface area contributed by atoms with Crippen LogP contribution in [-0.4, -0.2) is 44.1 Å². The monoisotopic (exact) mass is 386 g/mol. The van der Waals surface area contributed by atoms with E-state index in [4.69, 9.17) is 0 Å². The van der Waals surface area contributed by atoms with Gasteiger partial charge in [-0.3, -0.25) is 0 Å². The van der Waals surface area contributed by atoms with Crippen LogP contribution in [0.25, 0.3) is 0 Å². The van der Waals surface area contributed by atoms with Gasteiger partial charge in [0.25, 0.3) is 0 Å². The summed E-state index contributed by atoms with van der Waals surface area (Å²) >= 11 is 0. The zero-order valence-corrected chi connectivity index (χ0v) is 16.5. The molecule has 2 aromatic rings. The van der Waals surface area contributed by atoms with Crippen molar-refractivity contribution < 1.29 is 13.5 Å². The molecule has 1 aliphatic heterocycles. The minimum Gasteiger partial charge on any atom is -0.508 e. The number of phenols is 1. The topological polar surface area (TPSA) is 69.6 Å². The number of nitrogens with zero attached hydrogens (tertiary/aromatic N) is 1. The van der Waals surface area contributed by atoms with Crippen LogP contribution in [0.15, 0.2) is 48.5 Å². The molecule has 2 N–H and O–H groups in total. The zero-order chi connectivity index (χ0) is 19.2. The summed E-state index contributed by atoms with van der Waals surface area (Å²) < 4.78 is 28.9. The Balaban J connectivity index is 1.69. The molecule has 1 heterocycles. The molecule has 3 atom stereocenters. The molecule has 0 radical (unpaired) electrons. The average Bonchev–Trinajstić information content (AvgIpc) is 2.62. The van der Waals surface area contributed by atoms with E-state index in [0.29, 0.717) is 0 Å². The lowest BCUT2D eigenvalue weighted by Gasteiger charge is -2.54. The van der Waals surface area contributed by atoms with E-state index in [1.807, 2.05) is 42.5 Å². The molecule has 27 heavy (non-hydrogen) atoms. The van der Waals surface area contributed by atoms with Crippen molar-refractivity contribution in [2.45, 2.75) is 43.0 Å². The molecular formula is C21H26N2O3S. The van der Waals surface area contributed by atoms with Gasteiger partial charge in [0.1, 0.15) is 5.75 Å². The number of likely N-dealkylation sites (tertiary alicyclic amines) is 1. The molecular weight excluding hydrogens is 360 g/mol. The standard InChI is InChI=1S/C21H26N2O3S/c1-21-10-11-23(2)19(12-16-8-9-17(24)13-18(16)21)20(21)22-27(25,26)14-15-6-4-3-5-7-15/h3-9,13,19-20,22,24H,10-12,14H2,1-2H3/t19-,20-,21+/m1/s1. The molecule has 1 aliphatic carbocycles. The molecule has 0 unspecified atom stereocenters. The number of fused-ring (bicyclic) bond motifs is 4. The summed E-state index contributed by atoms with van der Waals surface area (Å²) in [5.74, 6) is 0.210. The van der Waals surface area contributed by atoms with Gasteiger partial charge in [0.05, 0.1) is 5.75 Å². The summed E-state index contributed by atoms with van der Waals surface area (Å²) in [4.78, 5) is 2.26. The number of likely N-dealkylation sites (N-methyl/N-ethyl adjacent to an activating group) is 1. The third-order valence-electron chi connectivity index (χ3n) is 6.27. The number of benzene rings is 2. The fourth-order valence-corrected chi connectivity index (χ4v) is 6.24. The Morgan fingerprint density at radius 1 is 1.22 bits per heavy atom. The van der Waals surface area contributed by atoms with Crippen molar-refractivity contribution in [3.8, 4) is 5.75 Å². The molecule has 1 fully saturated rings. The zero-order valence-electron chi connectivity index (χ0n) is 15.7. The first kappa shape index (κ1) is 18.5. The second-order valence-corrected chi connectivity index (χ2v) is 9.86. The molecule has 1 saturated heterocycles. The van der Waals surface area contributed by atoms with E-state index in [2.05, 4.69) is 23.6 Å². The Labute approximate surface area is 161 Å². The maximum atomic E-state index is 12.9. The summed E-state index contributed by atoms with van der Waals surface area (Å²) in [5.41, 5.74) is 2.71. The molecule has 0 aromatic heterocycles. The summed E-state index contributed by atoms with van der Waals surface area (Å²) in [5, 5.41) is 10.0. The van der Waals surface area contributed by atoms with Crippen molar-refractivity contribution in [2.24, 2.45) is 0 Å². The SMILES string of the molecule is CN1CC[C@@]2(C)c3cc(O)ccc3C[C@@H]1[C@H]2NS(=O)(=O)Cc1ccccc1. The van der Waals surface area contributed by atoms with Crippen LogP contribution in [0, 0.1) is 0 Å². The number of phenolic OH excluding ortho intramolecular Hbond substituents is 1. The summed E-state index contributed by atoms with van der Waals surface area (Å²) in [7, 11) is -1.43. The lowest BCUT2D eigenvalue weighted by molar-refractivity contribution is 0.0777. The molecule has 0 saturated carbocycles. The minimum atomic E-state index is -3.49. The van der Waals surface area contributed by atoms with Crippen LogP contribution in [-0.2, 0) is 27.6 Å². The van der Waals surface area contributed by atoms with Gasteiger partial charge in [0.2, 0.25) is 10.0 Å². The van der Waals surface area contributed by atoms with E-state index in [0.717, 1.165) is 30.5 Å². The maximum Gasteiger partial charge on any atom is 0.216 e. The second-order valence-electron chi connectivity index (χ2n) is 8.10. The first-order valence-electron chi connectivity index (χ1n) is 9.35. The van der Waals surface area contributed by atoms with Gasteiger partial charge in [-0.25, -0.2) is 13.1 Å². The van der Waals surface area contributed by atoms with Gasteiger partial charge in [-0.2, -0.15) is 0 Å². The number of sulfonamides is 1. The largest absolute Gasteiger partial charge is 0.508 e. The van der Waals surface area contributed by atoms with Crippen molar-refractivity contribution in [1.29, 1.82) is 0 Å². The summed E-state index contributed by atoms with van der Waals surface area (Å²) in [6, 6.07) is 14.7. The summed E-state index contributed by atoms with van der Waals surface area (Å²) in [6.45, 7) is 3.04. The predicted molar refractivity (Wildman–Crippen MR) is 106 cm³/mol. The molecule has 0 spiro atoms. The fraction of sp³-hybridized carbons (Fsp3) is 0.429. The molecule has 5 nitrogen and oxygen atoms in total. The van der Waals surface area contributed by atoms with E-state index in [1.165, 1.54) is 5.56 Å². The third kappa shape index (κ3) is 3.37. The van der Waals surface area contributed by atoms with E-state index in [-0.39, 0.29) is 29.0 Å². The third-order valence-corrected chi connectivity index (χ3v) is 7.59. The first-order chi connectivity index (χ1) is 12.8. The lowest BCUT2D eigenvalue weighted by Crippen LogP contribution is -2.67. The lowest BCUT2D eigenvalue weighted by atomic mass is 9.62. The number of hydrogen-bond acceptors (Lipinski definition) is 4. The number of nitrogens with one attached hydrogen (secondary N) is 1. The van der Waals surface area contributed by atoms with E-state index in [1.54, 1.807) is 6.07 Å². The molecule has 4 rings (SSSR count). The Kier molecular flexibility index (Phi) is 4.53. The van der Waals surface area contributed by atoms with Crippen molar-refractivity contribution in [3.05, 3.63) is 65.2 Å². The average molecular weight is 387 g/mol. The van der Waals surface area contributed by atoms with Gasteiger partial charge in [0, 0.05) is 17.5 Å². The molecule has 144 valence electrons. The van der Waals surface area contributed by atoms with Crippen LogP contribution < -0.4 is 4.72 Å². The Morgan fingerprint density at radius 3 is 2.70 bits per heavy atom. The highest BCUT2D eigenvalue weighted by molar-refractivity contribution is 7.88. The van der Waals surface area contributed by atoms with Gasteiger partial charge >= 0.3 is 0 Å². The molecule has 2 bridgehead atoms. The minimum absolute atomic E-state index is 0.0241. The molecule has 6 heteroatoms. The number of hydrogen-bond donors (Lipinski definition) is 2. The molecule has 2 aromatic carbocycles. The highest BCUT2D eigenvalue weighted by Gasteiger charge is 2.51. The number of rotatable bonds is 4. The van der Waals surface area contributed by atoms with Crippen LogP contribution in [0.4, 0.5) is 0 Å². The smallest absolute Gasteiger partial charge is 0.216 e. The van der Waals surface area contributed by atoms with Crippen LogP contribution in [0.3, 0.4) is 0 Å². The van der Waals surface area contributed by atoms with E-state index >= 15 is 0 Å². The van der Waals surface area contributed by atoms with Crippen molar-refractivity contribution in [1.82, 2.24) is 9.62 Å². The number of aromatic hydroxyl groups is 1. The maximum absolute atomic E-state index is 12.9.